The number of aryl methyl sites for hydroxylation is 2. The minimum Gasteiger partial charge on any atom is -0.350 e. The molecule has 0 fully saturated rings. The molecule has 3 heterocycles. The number of pyridine rings is 1. The number of nitrogens with zero attached hydrogens (tertiary/aromatic N) is 5. The minimum atomic E-state index is -4.64. The summed E-state index contributed by atoms with van der Waals surface area (Å²) in [6.07, 6.45) is -2.50. The molecule has 10 heteroatoms. The van der Waals surface area contributed by atoms with Crippen LogP contribution in [0.25, 0.3) is 5.78 Å². The van der Waals surface area contributed by atoms with Crippen molar-refractivity contribution < 1.29 is 18.0 Å². The topological polar surface area (TPSA) is 85.1 Å². The molecule has 0 aliphatic rings. The molecule has 1 amide bonds. The fraction of sp³-hybridized carbons (Fsp3) is 0.353. The second-order valence-electron chi connectivity index (χ2n) is 6.00. The molecule has 7 nitrogen and oxygen atoms in total. The van der Waals surface area contributed by atoms with Crippen molar-refractivity contribution in [3.8, 4) is 0 Å². The summed E-state index contributed by atoms with van der Waals surface area (Å²) in [5, 5.41) is 6.26. The van der Waals surface area contributed by atoms with Crippen molar-refractivity contribution in [3.05, 3.63) is 52.9 Å². The highest BCUT2D eigenvalue weighted by Gasteiger charge is 2.36. The SMILES string of the molecule is Cc1nc2nc(C(F)(F)F)nn2c(C)c1CCC(=O)NCc1ccccn1. The molecule has 0 aliphatic carbocycles. The van der Waals surface area contributed by atoms with Crippen LogP contribution in [0.5, 0.6) is 0 Å². The molecule has 142 valence electrons. The predicted molar refractivity (Wildman–Crippen MR) is 89.7 cm³/mol. The lowest BCUT2D eigenvalue weighted by Crippen LogP contribution is -2.23. The van der Waals surface area contributed by atoms with Crippen LogP contribution in [-0.4, -0.2) is 30.5 Å². The molecule has 0 saturated heterocycles. The molecule has 1 N–H and O–H groups in total. The Hall–Kier alpha value is -3.04. The van der Waals surface area contributed by atoms with Crippen LogP contribution < -0.4 is 5.32 Å². The van der Waals surface area contributed by atoms with E-state index in [1.807, 2.05) is 6.07 Å². The van der Waals surface area contributed by atoms with E-state index in [1.165, 1.54) is 0 Å². The van der Waals surface area contributed by atoms with E-state index in [4.69, 9.17) is 0 Å². The number of hydrogen-bond acceptors (Lipinski definition) is 5. The summed E-state index contributed by atoms with van der Waals surface area (Å²) in [7, 11) is 0. The van der Waals surface area contributed by atoms with E-state index in [9.17, 15) is 18.0 Å². The highest BCUT2D eigenvalue weighted by atomic mass is 19.4. The minimum absolute atomic E-state index is 0.110. The molecule has 0 aliphatic heterocycles. The van der Waals surface area contributed by atoms with E-state index in [2.05, 4.69) is 25.4 Å². The number of aromatic nitrogens is 5. The first kappa shape index (κ1) is 18.7. The Morgan fingerprint density at radius 3 is 2.67 bits per heavy atom. The number of amides is 1. The van der Waals surface area contributed by atoms with Gasteiger partial charge < -0.3 is 5.32 Å². The molecule has 0 atom stereocenters. The van der Waals surface area contributed by atoms with Crippen LogP contribution in [0, 0.1) is 13.8 Å². The quantitative estimate of drug-likeness (QED) is 0.737. The van der Waals surface area contributed by atoms with Crippen molar-refractivity contribution in [2.24, 2.45) is 0 Å². The van der Waals surface area contributed by atoms with Gasteiger partial charge in [-0.25, -0.2) is 9.50 Å². The summed E-state index contributed by atoms with van der Waals surface area (Å²) in [5.41, 5.74) is 2.43. The maximum atomic E-state index is 12.8. The number of alkyl halides is 3. The van der Waals surface area contributed by atoms with Crippen LogP contribution in [0.4, 0.5) is 13.2 Å². The van der Waals surface area contributed by atoms with Gasteiger partial charge in [0.15, 0.2) is 0 Å². The molecule has 3 aromatic rings. The highest BCUT2D eigenvalue weighted by Crippen LogP contribution is 2.27. The van der Waals surface area contributed by atoms with Crippen molar-refractivity contribution in [3.63, 3.8) is 0 Å². The molecule has 0 bridgehead atoms. The van der Waals surface area contributed by atoms with Gasteiger partial charge in [-0.15, -0.1) is 5.10 Å². The number of halogens is 3. The molecule has 0 spiro atoms. The van der Waals surface area contributed by atoms with Gasteiger partial charge in [-0.2, -0.15) is 18.2 Å². The van der Waals surface area contributed by atoms with Gasteiger partial charge in [0.05, 0.1) is 12.2 Å². The van der Waals surface area contributed by atoms with Gasteiger partial charge in [0.1, 0.15) is 0 Å². The van der Waals surface area contributed by atoms with E-state index in [1.54, 1.807) is 32.2 Å². The first-order valence-electron chi connectivity index (χ1n) is 8.22. The Bertz CT molecular complexity index is 968. The summed E-state index contributed by atoms with van der Waals surface area (Å²) in [6, 6.07) is 5.42. The summed E-state index contributed by atoms with van der Waals surface area (Å²) < 4.78 is 39.5. The highest BCUT2D eigenvalue weighted by molar-refractivity contribution is 5.76. The average molecular weight is 378 g/mol. The van der Waals surface area contributed by atoms with Crippen LogP contribution in [0.1, 0.15) is 34.9 Å². The molecule has 0 radical (unpaired) electrons. The van der Waals surface area contributed by atoms with Crippen LogP contribution in [0.2, 0.25) is 0 Å². The maximum absolute atomic E-state index is 12.8. The third-order valence-electron chi connectivity index (χ3n) is 4.10. The van der Waals surface area contributed by atoms with E-state index in [-0.39, 0.29) is 18.1 Å². The van der Waals surface area contributed by atoms with Gasteiger partial charge in [0, 0.05) is 24.0 Å². The Morgan fingerprint density at radius 2 is 2.00 bits per heavy atom. The van der Waals surface area contributed by atoms with Crippen molar-refractivity contribution in [2.45, 2.75) is 39.4 Å². The van der Waals surface area contributed by atoms with E-state index in [0.717, 1.165) is 10.2 Å². The summed E-state index contributed by atoms with van der Waals surface area (Å²) in [4.78, 5) is 23.7. The lowest BCUT2D eigenvalue weighted by molar-refractivity contribution is -0.144. The molecule has 3 rings (SSSR count). The number of hydrogen-bond donors (Lipinski definition) is 1. The first-order valence-corrected chi connectivity index (χ1v) is 8.22. The smallest absolute Gasteiger partial charge is 0.350 e. The van der Waals surface area contributed by atoms with Crippen molar-refractivity contribution in [1.29, 1.82) is 0 Å². The average Bonchev–Trinajstić information content (AvgIpc) is 3.05. The second-order valence-corrected chi connectivity index (χ2v) is 6.00. The predicted octanol–water partition coefficient (Wildman–Crippen LogP) is 2.40. The van der Waals surface area contributed by atoms with Crippen LogP contribution in [0.3, 0.4) is 0 Å². The number of fused-ring (bicyclic) bond motifs is 1. The number of rotatable bonds is 5. The Morgan fingerprint density at radius 1 is 1.22 bits per heavy atom. The summed E-state index contributed by atoms with van der Waals surface area (Å²) in [6.45, 7) is 3.63. The Kier molecular flexibility index (Phi) is 5.06. The van der Waals surface area contributed by atoms with Gasteiger partial charge in [0.25, 0.3) is 11.6 Å². The van der Waals surface area contributed by atoms with E-state index in [0.29, 0.717) is 29.9 Å². The largest absolute Gasteiger partial charge is 0.453 e. The zero-order chi connectivity index (χ0) is 19.6. The van der Waals surface area contributed by atoms with E-state index >= 15 is 0 Å². The standard InChI is InChI=1S/C17H17F3N6O/c1-10-13(6-7-14(27)22-9-12-5-3-4-8-21-12)11(2)26-16(23-10)24-15(25-26)17(18,19)20/h3-5,8H,6-7,9H2,1-2H3,(H,22,27). The number of carbonyl (C=O) groups is 1. The van der Waals surface area contributed by atoms with Gasteiger partial charge in [-0.3, -0.25) is 9.78 Å². The van der Waals surface area contributed by atoms with Crippen LogP contribution in [-0.2, 0) is 23.9 Å². The fourth-order valence-electron chi connectivity index (χ4n) is 2.71. The fourth-order valence-corrected chi connectivity index (χ4v) is 2.71. The van der Waals surface area contributed by atoms with Gasteiger partial charge in [-0.05, 0) is 38.0 Å². The van der Waals surface area contributed by atoms with Crippen molar-refractivity contribution in [1.82, 2.24) is 29.9 Å². The van der Waals surface area contributed by atoms with Crippen molar-refractivity contribution >= 4 is 11.7 Å². The third-order valence-corrected chi connectivity index (χ3v) is 4.10. The first-order chi connectivity index (χ1) is 12.8. The maximum Gasteiger partial charge on any atom is 0.453 e. The van der Waals surface area contributed by atoms with Gasteiger partial charge in [-0.1, -0.05) is 6.07 Å². The number of carbonyl (C=O) groups excluding carboxylic acids is 1. The molecule has 0 saturated carbocycles. The van der Waals surface area contributed by atoms with Gasteiger partial charge >= 0.3 is 6.18 Å². The van der Waals surface area contributed by atoms with Gasteiger partial charge in [0.2, 0.25) is 5.91 Å². The molecular weight excluding hydrogens is 361 g/mol. The molecule has 27 heavy (non-hydrogen) atoms. The normalized spacial score (nSPS) is 11.7. The zero-order valence-corrected chi connectivity index (χ0v) is 14.7. The molecule has 3 aromatic heterocycles. The molecular formula is C17H17F3N6O. The molecule has 0 unspecified atom stereocenters. The second kappa shape index (κ2) is 7.29. The van der Waals surface area contributed by atoms with Crippen molar-refractivity contribution in [2.75, 3.05) is 0 Å². The monoisotopic (exact) mass is 378 g/mol. The summed E-state index contributed by atoms with van der Waals surface area (Å²) >= 11 is 0. The van der Waals surface area contributed by atoms with Crippen LogP contribution >= 0.6 is 0 Å². The number of nitrogens with one attached hydrogen (secondary N) is 1. The third kappa shape index (κ3) is 4.21. The Balaban J connectivity index is 1.71. The lowest BCUT2D eigenvalue weighted by atomic mass is 10.1. The van der Waals surface area contributed by atoms with Crippen LogP contribution in [0.15, 0.2) is 24.4 Å². The molecule has 0 aromatic carbocycles. The zero-order valence-electron chi connectivity index (χ0n) is 14.7. The Labute approximate surface area is 152 Å². The lowest BCUT2D eigenvalue weighted by Gasteiger charge is -2.10. The van der Waals surface area contributed by atoms with E-state index < -0.39 is 12.0 Å². The summed E-state index contributed by atoms with van der Waals surface area (Å²) in [5.74, 6) is -1.53.